The van der Waals surface area contributed by atoms with Gasteiger partial charge in [0.25, 0.3) is 0 Å². The second-order valence-electron chi connectivity index (χ2n) is 7.94. The molecular formula is C19H29N3O5. The first-order valence-electron chi connectivity index (χ1n) is 8.87. The van der Waals surface area contributed by atoms with Gasteiger partial charge in [-0.2, -0.15) is 0 Å². The summed E-state index contributed by atoms with van der Waals surface area (Å²) in [6, 6.07) is 0.989. The van der Waals surface area contributed by atoms with Gasteiger partial charge in [-0.3, -0.25) is 9.78 Å². The van der Waals surface area contributed by atoms with Crippen molar-refractivity contribution in [1.82, 2.24) is 15.2 Å². The molecule has 2 rings (SSSR count). The maximum Gasteiger partial charge on any atom is 0.408 e. The molecule has 0 spiro atoms. The zero-order valence-electron chi connectivity index (χ0n) is 16.9. The van der Waals surface area contributed by atoms with Crippen molar-refractivity contribution in [1.29, 1.82) is 0 Å². The summed E-state index contributed by atoms with van der Waals surface area (Å²) in [6.07, 6.45) is 2.84. The lowest BCUT2D eigenvalue weighted by atomic mass is 9.94. The highest BCUT2D eigenvalue weighted by atomic mass is 16.6. The number of alkyl carbamates (subject to hydrolysis) is 1. The van der Waals surface area contributed by atoms with Crippen LogP contribution in [0.15, 0.2) is 18.5 Å². The van der Waals surface area contributed by atoms with E-state index in [-0.39, 0.29) is 17.9 Å². The Morgan fingerprint density at radius 3 is 2.56 bits per heavy atom. The number of ether oxygens (including phenoxy) is 3. The molecule has 8 heteroatoms. The molecule has 1 aliphatic rings. The van der Waals surface area contributed by atoms with E-state index >= 15 is 0 Å². The number of nitrogens with zero attached hydrogens (tertiary/aromatic N) is 2. The maximum atomic E-state index is 13.0. The summed E-state index contributed by atoms with van der Waals surface area (Å²) in [6.45, 7) is 8.21. The fourth-order valence-corrected chi connectivity index (χ4v) is 2.90. The Morgan fingerprint density at radius 1 is 1.33 bits per heavy atom. The van der Waals surface area contributed by atoms with Crippen molar-refractivity contribution in [3.8, 4) is 5.75 Å². The predicted molar refractivity (Wildman–Crippen MR) is 99.6 cm³/mol. The molecule has 1 unspecified atom stereocenters. The van der Waals surface area contributed by atoms with Gasteiger partial charge in [0.2, 0.25) is 5.91 Å². The summed E-state index contributed by atoms with van der Waals surface area (Å²) in [7, 11) is 3.16. The molecule has 0 bridgehead atoms. The number of rotatable bonds is 6. The minimum Gasteiger partial charge on any atom is -0.495 e. The van der Waals surface area contributed by atoms with Crippen LogP contribution in [0.3, 0.4) is 0 Å². The van der Waals surface area contributed by atoms with Gasteiger partial charge in [0, 0.05) is 19.7 Å². The quantitative estimate of drug-likeness (QED) is 0.810. The van der Waals surface area contributed by atoms with Gasteiger partial charge >= 0.3 is 6.09 Å². The number of aromatic nitrogens is 1. The molecule has 1 fully saturated rings. The van der Waals surface area contributed by atoms with Gasteiger partial charge in [-0.15, -0.1) is 0 Å². The Balaban J connectivity index is 2.15. The third-order valence-electron chi connectivity index (χ3n) is 4.36. The molecule has 2 heterocycles. The normalized spacial score (nSPS) is 16.9. The molecule has 2 amide bonds. The smallest absolute Gasteiger partial charge is 0.408 e. The molecule has 8 nitrogen and oxygen atoms in total. The van der Waals surface area contributed by atoms with Gasteiger partial charge in [-0.25, -0.2) is 4.79 Å². The van der Waals surface area contributed by atoms with Gasteiger partial charge in [0.1, 0.15) is 17.4 Å². The van der Waals surface area contributed by atoms with E-state index in [0.717, 1.165) is 5.56 Å². The van der Waals surface area contributed by atoms with E-state index in [9.17, 15) is 9.59 Å². The highest BCUT2D eigenvalue weighted by molar-refractivity contribution is 5.87. The fraction of sp³-hybridized carbons (Fsp3) is 0.632. The lowest BCUT2D eigenvalue weighted by Gasteiger charge is -2.47. The van der Waals surface area contributed by atoms with Crippen molar-refractivity contribution in [2.75, 3.05) is 27.3 Å². The maximum absolute atomic E-state index is 13.0. The molecular weight excluding hydrogens is 350 g/mol. The van der Waals surface area contributed by atoms with E-state index in [1.807, 2.05) is 6.92 Å². The average Bonchev–Trinajstić information content (AvgIpc) is 2.56. The van der Waals surface area contributed by atoms with Crippen LogP contribution >= 0.6 is 0 Å². The van der Waals surface area contributed by atoms with Crippen LogP contribution in [0.5, 0.6) is 5.75 Å². The zero-order valence-corrected chi connectivity index (χ0v) is 16.9. The van der Waals surface area contributed by atoms with Gasteiger partial charge in [0.05, 0.1) is 32.0 Å². The third kappa shape index (κ3) is 5.56. The van der Waals surface area contributed by atoms with E-state index < -0.39 is 17.7 Å². The Hall–Kier alpha value is -2.35. The van der Waals surface area contributed by atoms with Gasteiger partial charge in [0.15, 0.2) is 0 Å². The van der Waals surface area contributed by atoms with E-state index in [2.05, 4.69) is 10.3 Å². The first kappa shape index (κ1) is 21.0. The molecule has 0 radical (unpaired) electrons. The molecule has 1 saturated heterocycles. The summed E-state index contributed by atoms with van der Waals surface area (Å²) in [5, 5.41) is 2.70. The predicted octanol–water partition coefficient (Wildman–Crippen LogP) is 1.77. The van der Waals surface area contributed by atoms with Crippen LogP contribution in [-0.2, 0) is 20.7 Å². The van der Waals surface area contributed by atoms with Crippen LogP contribution in [0.1, 0.15) is 33.3 Å². The zero-order chi connectivity index (χ0) is 20.2. The molecule has 150 valence electrons. The number of pyridine rings is 1. The largest absolute Gasteiger partial charge is 0.495 e. The number of methoxy groups -OCH3 is 2. The van der Waals surface area contributed by atoms with Crippen LogP contribution in [0.2, 0.25) is 0 Å². The second-order valence-corrected chi connectivity index (χ2v) is 7.94. The second kappa shape index (κ2) is 8.12. The van der Waals surface area contributed by atoms with E-state index in [1.54, 1.807) is 51.2 Å². The Morgan fingerprint density at radius 2 is 2.00 bits per heavy atom. The molecule has 1 aliphatic heterocycles. The minimum atomic E-state index is -0.780. The minimum absolute atomic E-state index is 0.186. The van der Waals surface area contributed by atoms with Crippen LogP contribution in [0.4, 0.5) is 4.79 Å². The van der Waals surface area contributed by atoms with Crippen LogP contribution < -0.4 is 10.1 Å². The number of hydrogen-bond donors (Lipinski definition) is 1. The van der Waals surface area contributed by atoms with E-state index in [4.69, 9.17) is 14.2 Å². The van der Waals surface area contributed by atoms with Crippen molar-refractivity contribution >= 4 is 12.0 Å². The van der Waals surface area contributed by atoms with E-state index in [1.165, 1.54) is 7.11 Å². The number of hydrogen-bond acceptors (Lipinski definition) is 6. The van der Waals surface area contributed by atoms with Crippen molar-refractivity contribution in [2.45, 2.75) is 51.4 Å². The Kier molecular flexibility index (Phi) is 6.30. The van der Waals surface area contributed by atoms with Crippen LogP contribution in [-0.4, -0.2) is 66.4 Å². The monoisotopic (exact) mass is 379 g/mol. The molecule has 1 aromatic rings. The lowest BCUT2D eigenvalue weighted by molar-refractivity contribution is -0.159. The van der Waals surface area contributed by atoms with E-state index in [0.29, 0.717) is 18.8 Å². The Labute approximate surface area is 160 Å². The summed E-state index contributed by atoms with van der Waals surface area (Å²) in [5.74, 6) is 0.376. The number of nitrogens with one attached hydrogen (secondary N) is 1. The number of carbonyl (C=O) groups is 2. The third-order valence-corrected chi connectivity index (χ3v) is 4.36. The highest BCUT2D eigenvalue weighted by Crippen LogP contribution is 2.26. The number of likely N-dealkylation sites (tertiary alicyclic amines) is 1. The van der Waals surface area contributed by atoms with Gasteiger partial charge < -0.3 is 24.4 Å². The summed E-state index contributed by atoms with van der Waals surface area (Å²) < 4.78 is 16.0. The van der Waals surface area contributed by atoms with Crippen molar-refractivity contribution in [2.24, 2.45) is 0 Å². The highest BCUT2D eigenvalue weighted by Gasteiger charge is 2.43. The molecule has 1 N–H and O–H groups in total. The number of carbonyl (C=O) groups excluding carboxylic acids is 2. The first-order chi connectivity index (χ1) is 12.6. The van der Waals surface area contributed by atoms with Gasteiger partial charge in [-0.05, 0) is 39.3 Å². The molecule has 0 saturated carbocycles. The fourth-order valence-electron chi connectivity index (χ4n) is 2.90. The summed E-state index contributed by atoms with van der Waals surface area (Å²) in [5.41, 5.74) is -0.227. The van der Waals surface area contributed by atoms with Crippen molar-refractivity contribution in [3.63, 3.8) is 0 Å². The SMILES string of the molecule is COc1cnccc1CC(NC(=O)OC(C)(C)C)C(=O)N1CC(C)(OC)C1. The Bertz CT molecular complexity index is 680. The molecule has 1 atom stereocenters. The van der Waals surface area contributed by atoms with Crippen molar-refractivity contribution < 1.29 is 23.8 Å². The summed E-state index contributed by atoms with van der Waals surface area (Å²) >= 11 is 0. The topological polar surface area (TPSA) is 90.0 Å². The summed E-state index contributed by atoms with van der Waals surface area (Å²) in [4.78, 5) is 30.9. The average molecular weight is 379 g/mol. The van der Waals surface area contributed by atoms with Gasteiger partial charge in [-0.1, -0.05) is 0 Å². The molecule has 0 aromatic carbocycles. The lowest BCUT2D eigenvalue weighted by Crippen LogP contribution is -2.66. The number of amides is 2. The molecule has 1 aromatic heterocycles. The van der Waals surface area contributed by atoms with Crippen LogP contribution in [0, 0.1) is 0 Å². The van der Waals surface area contributed by atoms with Crippen LogP contribution in [0.25, 0.3) is 0 Å². The standard InChI is InChI=1S/C19H29N3O5/c1-18(2,3)27-17(24)21-14(9-13-7-8-20-10-15(13)25-5)16(23)22-11-19(4,12-22)26-6/h7-8,10,14H,9,11-12H2,1-6H3,(H,21,24). The first-order valence-corrected chi connectivity index (χ1v) is 8.87. The molecule has 0 aliphatic carbocycles. The van der Waals surface area contributed by atoms with Crippen molar-refractivity contribution in [3.05, 3.63) is 24.0 Å². The molecule has 27 heavy (non-hydrogen) atoms.